The topological polar surface area (TPSA) is 89.5 Å². The van der Waals surface area contributed by atoms with Gasteiger partial charge in [-0.2, -0.15) is 0 Å². The van der Waals surface area contributed by atoms with Crippen LogP contribution in [0.1, 0.15) is 43.6 Å². The molecule has 4 heterocycles. The van der Waals surface area contributed by atoms with Gasteiger partial charge in [0.25, 0.3) is 0 Å². The van der Waals surface area contributed by atoms with Crippen LogP contribution >= 0.6 is 11.8 Å². The molecule has 9 nitrogen and oxygen atoms in total. The summed E-state index contributed by atoms with van der Waals surface area (Å²) >= 11 is 1.43. The van der Waals surface area contributed by atoms with Crippen molar-refractivity contribution in [2.45, 2.75) is 67.7 Å². The van der Waals surface area contributed by atoms with Gasteiger partial charge in [-0.05, 0) is 48.9 Å². The number of amides is 1. The molecular formula is C25H32N6O3S. The summed E-state index contributed by atoms with van der Waals surface area (Å²) in [4.78, 5) is 22.0. The van der Waals surface area contributed by atoms with Crippen LogP contribution < -0.4 is 0 Å². The smallest absolute Gasteiger partial charge is 0.237 e. The van der Waals surface area contributed by atoms with Gasteiger partial charge < -0.3 is 18.6 Å². The Morgan fingerprint density at radius 2 is 2.03 bits per heavy atom. The van der Waals surface area contributed by atoms with E-state index in [9.17, 15) is 4.79 Å². The van der Waals surface area contributed by atoms with E-state index in [1.807, 2.05) is 41.9 Å². The molecule has 1 aliphatic carbocycles. The minimum Gasteiger partial charge on any atom is -0.453 e. The van der Waals surface area contributed by atoms with E-state index in [1.165, 1.54) is 31.0 Å². The Balaban J connectivity index is 1.27. The molecule has 2 fully saturated rings. The summed E-state index contributed by atoms with van der Waals surface area (Å²) in [6, 6.07) is 10.1. The molecule has 5 rings (SSSR count). The summed E-state index contributed by atoms with van der Waals surface area (Å²) in [5.74, 6) is 0.998. The molecule has 1 unspecified atom stereocenters. The third-order valence-corrected chi connectivity index (χ3v) is 7.60. The standard InChI is InChI=1S/C25H32N6O3S/c1-29-18-27-28-25(29)35-24-11-10-21(34-24)13-30-14-22(33-17-19-7-5-6-12-26-19)15-31(23(32)16-30)20-8-3-2-4-9-20/h5-7,10-12,18,20,22H,2-4,8-9,13-17H2,1H3. The van der Waals surface area contributed by atoms with Crippen LogP contribution in [0.2, 0.25) is 0 Å². The Bertz CT molecular complexity index is 1100. The maximum absolute atomic E-state index is 13.4. The molecule has 35 heavy (non-hydrogen) atoms. The van der Waals surface area contributed by atoms with Gasteiger partial charge in [0.15, 0.2) is 10.2 Å². The quantitative estimate of drug-likeness (QED) is 0.468. The molecule has 0 N–H and O–H groups in total. The molecule has 1 saturated carbocycles. The summed E-state index contributed by atoms with van der Waals surface area (Å²) < 4.78 is 14.2. The third kappa shape index (κ3) is 6.31. The van der Waals surface area contributed by atoms with Gasteiger partial charge in [-0.3, -0.25) is 14.7 Å². The fourth-order valence-corrected chi connectivity index (χ4v) is 5.59. The maximum Gasteiger partial charge on any atom is 0.237 e. The first-order chi connectivity index (χ1) is 17.1. The van der Waals surface area contributed by atoms with Crippen molar-refractivity contribution in [1.82, 2.24) is 29.5 Å². The van der Waals surface area contributed by atoms with Crippen molar-refractivity contribution in [1.29, 1.82) is 0 Å². The highest BCUT2D eigenvalue weighted by molar-refractivity contribution is 7.99. The van der Waals surface area contributed by atoms with Crippen molar-refractivity contribution in [3.8, 4) is 0 Å². The van der Waals surface area contributed by atoms with E-state index in [-0.39, 0.29) is 12.0 Å². The van der Waals surface area contributed by atoms with E-state index in [1.54, 1.807) is 12.5 Å². The molecule has 1 saturated heterocycles. The molecule has 0 spiro atoms. The summed E-state index contributed by atoms with van der Waals surface area (Å²) in [5, 5.41) is 9.53. The Morgan fingerprint density at radius 3 is 2.80 bits per heavy atom. The molecule has 10 heteroatoms. The molecule has 0 aromatic carbocycles. The highest BCUT2D eigenvalue weighted by atomic mass is 32.2. The van der Waals surface area contributed by atoms with Crippen LogP contribution in [0.5, 0.6) is 0 Å². The summed E-state index contributed by atoms with van der Waals surface area (Å²) in [7, 11) is 1.90. The molecule has 186 valence electrons. The molecule has 0 radical (unpaired) electrons. The lowest BCUT2D eigenvalue weighted by Crippen LogP contribution is -2.45. The molecule has 1 aliphatic heterocycles. The second kappa shape index (κ2) is 11.4. The van der Waals surface area contributed by atoms with Crippen molar-refractivity contribution in [3.05, 3.63) is 54.3 Å². The van der Waals surface area contributed by atoms with Gasteiger partial charge in [0.2, 0.25) is 5.91 Å². The van der Waals surface area contributed by atoms with Crippen LogP contribution in [0.25, 0.3) is 0 Å². The zero-order valence-corrected chi connectivity index (χ0v) is 20.9. The van der Waals surface area contributed by atoms with Crippen molar-refractivity contribution in [2.24, 2.45) is 7.05 Å². The van der Waals surface area contributed by atoms with Crippen LogP contribution in [0.4, 0.5) is 0 Å². The van der Waals surface area contributed by atoms with Crippen LogP contribution in [-0.2, 0) is 29.7 Å². The fraction of sp³-hybridized carbons (Fsp3) is 0.520. The second-order valence-electron chi connectivity index (χ2n) is 9.31. The molecule has 2 aliphatic rings. The number of aryl methyl sites for hydroxylation is 1. The Hall–Kier alpha value is -2.69. The predicted octanol–water partition coefficient (Wildman–Crippen LogP) is 3.52. The molecular weight excluding hydrogens is 464 g/mol. The van der Waals surface area contributed by atoms with E-state index < -0.39 is 0 Å². The molecule has 1 atom stereocenters. The minimum atomic E-state index is -0.0900. The molecule has 1 amide bonds. The number of ether oxygens (including phenoxy) is 1. The number of carbonyl (C=O) groups is 1. The molecule has 3 aromatic rings. The van der Waals surface area contributed by atoms with Crippen molar-refractivity contribution in [2.75, 3.05) is 19.6 Å². The molecule has 0 bridgehead atoms. The highest BCUT2D eigenvalue weighted by Crippen LogP contribution is 2.29. The van der Waals surface area contributed by atoms with Gasteiger partial charge in [0.05, 0.1) is 31.5 Å². The van der Waals surface area contributed by atoms with Gasteiger partial charge >= 0.3 is 0 Å². The Labute approximate surface area is 209 Å². The Kier molecular flexibility index (Phi) is 7.80. The predicted molar refractivity (Wildman–Crippen MR) is 131 cm³/mol. The SMILES string of the molecule is Cn1cnnc1Sc1ccc(CN2CC(=O)N(C3CCCCC3)CC(OCc3ccccn3)C2)o1. The van der Waals surface area contributed by atoms with Gasteiger partial charge in [0.1, 0.15) is 12.1 Å². The minimum absolute atomic E-state index is 0.0900. The number of rotatable bonds is 8. The highest BCUT2D eigenvalue weighted by Gasteiger charge is 2.33. The fourth-order valence-electron chi connectivity index (χ4n) is 4.85. The third-order valence-electron chi connectivity index (χ3n) is 6.63. The summed E-state index contributed by atoms with van der Waals surface area (Å²) in [6.07, 6.45) is 9.16. The van der Waals surface area contributed by atoms with E-state index >= 15 is 0 Å². The average Bonchev–Trinajstić information content (AvgIpc) is 3.45. The van der Waals surface area contributed by atoms with Crippen LogP contribution in [0.15, 0.2) is 57.5 Å². The van der Waals surface area contributed by atoms with Gasteiger partial charge in [0, 0.05) is 32.4 Å². The number of hydrogen-bond donors (Lipinski definition) is 0. The van der Waals surface area contributed by atoms with Gasteiger partial charge in [-0.25, -0.2) is 0 Å². The van der Waals surface area contributed by atoms with E-state index in [4.69, 9.17) is 9.15 Å². The number of hydrogen-bond acceptors (Lipinski definition) is 8. The van der Waals surface area contributed by atoms with E-state index in [2.05, 4.69) is 25.0 Å². The lowest BCUT2D eigenvalue weighted by atomic mass is 9.94. The summed E-state index contributed by atoms with van der Waals surface area (Å²) in [5.41, 5.74) is 0.898. The van der Waals surface area contributed by atoms with Crippen molar-refractivity contribution < 1.29 is 13.9 Å². The first-order valence-electron chi connectivity index (χ1n) is 12.3. The largest absolute Gasteiger partial charge is 0.453 e. The zero-order valence-electron chi connectivity index (χ0n) is 20.1. The number of carbonyl (C=O) groups excluding carboxylic acids is 1. The number of pyridine rings is 1. The summed E-state index contributed by atoms with van der Waals surface area (Å²) in [6.45, 7) is 2.64. The van der Waals surface area contributed by atoms with Crippen LogP contribution in [0, 0.1) is 0 Å². The first kappa shape index (κ1) is 24.0. The monoisotopic (exact) mass is 496 g/mol. The van der Waals surface area contributed by atoms with E-state index in [0.29, 0.717) is 38.8 Å². The first-order valence-corrected chi connectivity index (χ1v) is 13.1. The number of nitrogens with zero attached hydrogens (tertiary/aromatic N) is 6. The average molecular weight is 497 g/mol. The Morgan fingerprint density at radius 1 is 1.14 bits per heavy atom. The van der Waals surface area contributed by atoms with Crippen molar-refractivity contribution in [3.63, 3.8) is 0 Å². The number of furan rings is 1. The van der Waals surface area contributed by atoms with Crippen LogP contribution in [-0.4, -0.2) is 67.2 Å². The lowest BCUT2D eigenvalue weighted by molar-refractivity contribution is -0.135. The van der Waals surface area contributed by atoms with E-state index in [0.717, 1.165) is 34.5 Å². The van der Waals surface area contributed by atoms with Crippen molar-refractivity contribution >= 4 is 17.7 Å². The van der Waals surface area contributed by atoms with Gasteiger partial charge in [-0.15, -0.1) is 10.2 Å². The lowest BCUT2D eigenvalue weighted by Gasteiger charge is -2.35. The number of aromatic nitrogens is 4. The van der Waals surface area contributed by atoms with Crippen LogP contribution in [0.3, 0.4) is 0 Å². The second-order valence-corrected chi connectivity index (χ2v) is 10.3. The zero-order chi connectivity index (χ0) is 24.0. The molecule has 3 aromatic heterocycles. The van der Waals surface area contributed by atoms with Gasteiger partial charge in [-0.1, -0.05) is 25.3 Å². The normalized spacial score (nSPS) is 20.3. The maximum atomic E-state index is 13.4.